The van der Waals surface area contributed by atoms with Crippen molar-refractivity contribution < 1.29 is 21.6 Å². The average Bonchev–Trinajstić information content (AvgIpc) is 3.19. The van der Waals surface area contributed by atoms with Gasteiger partial charge in [-0.05, 0) is 24.0 Å². The van der Waals surface area contributed by atoms with Crippen LogP contribution in [-0.4, -0.2) is 31.5 Å². The summed E-state index contributed by atoms with van der Waals surface area (Å²) in [6, 6.07) is 5.98. The SMILES string of the molecule is O=S(=O)(Cc1ccc(CCl)cc1)N(CC(F)(F)F)C1CC1. The van der Waals surface area contributed by atoms with E-state index in [2.05, 4.69) is 0 Å². The first kappa shape index (κ1) is 16.6. The van der Waals surface area contributed by atoms with Crippen molar-refractivity contribution in [1.82, 2.24) is 4.31 Å². The minimum absolute atomic E-state index is 0.301. The van der Waals surface area contributed by atoms with Crippen molar-refractivity contribution in [3.63, 3.8) is 0 Å². The molecule has 0 spiro atoms. The molecular weight excluding hydrogens is 327 g/mol. The molecule has 1 aliphatic rings. The highest BCUT2D eigenvalue weighted by molar-refractivity contribution is 7.88. The van der Waals surface area contributed by atoms with Gasteiger partial charge in [-0.15, -0.1) is 11.6 Å². The smallest absolute Gasteiger partial charge is 0.212 e. The van der Waals surface area contributed by atoms with Crippen molar-refractivity contribution in [2.75, 3.05) is 6.54 Å². The predicted octanol–water partition coefficient (Wildman–Crippen LogP) is 3.28. The van der Waals surface area contributed by atoms with Crippen molar-refractivity contribution in [1.29, 1.82) is 0 Å². The van der Waals surface area contributed by atoms with E-state index in [9.17, 15) is 21.6 Å². The van der Waals surface area contributed by atoms with Crippen LogP contribution in [0.15, 0.2) is 24.3 Å². The van der Waals surface area contributed by atoms with Crippen LogP contribution in [-0.2, 0) is 21.7 Å². The Hall–Kier alpha value is -0.790. The number of benzene rings is 1. The van der Waals surface area contributed by atoms with Crippen LogP contribution in [0.25, 0.3) is 0 Å². The van der Waals surface area contributed by atoms with E-state index in [1.165, 1.54) is 0 Å². The second-order valence-corrected chi connectivity index (χ2v) is 7.29. The third-order valence-corrected chi connectivity index (χ3v) is 5.32. The summed E-state index contributed by atoms with van der Waals surface area (Å²) in [7, 11) is -3.98. The maximum atomic E-state index is 12.5. The minimum Gasteiger partial charge on any atom is -0.212 e. The van der Waals surface area contributed by atoms with Crippen LogP contribution >= 0.6 is 11.6 Å². The van der Waals surface area contributed by atoms with Gasteiger partial charge in [-0.25, -0.2) is 8.42 Å². The Bertz CT molecular complexity index is 582. The molecule has 1 aliphatic carbocycles. The number of halogens is 4. The van der Waals surface area contributed by atoms with Crippen LogP contribution in [0.1, 0.15) is 24.0 Å². The van der Waals surface area contributed by atoms with Crippen molar-refractivity contribution in [3.05, 3.63) is 35.4 Å². The summed E-state index contributed by atoms with van der Waals surface area (Å²) in [4.78, 5) is 0. The molecule has 21 heavy (non-hydrogen) atoms. The van der Waals surface area contributed by atoms with Crippen molar-refractivity contribution >= 4 is 21.6 Å². The second-order valence-electron chi connectivity index (χ2n) is 5.10. The fourth-order valence-electron chi connectivity index (χ4n) is 2.01. The van der Waals surface area contributed by atoms with Gasteiger partial charge in [0.25, 0.3) is 0 Å². The van der Waals surface area contributed by atoms with Gasteiger partial charge in [0, 0.05) is 11.9 Å². The Kier molecular flexibility index (Phi) is 4.85. The molecule has 0 N–H and O–H groups in total. The molecule has 0 saturated heterocycles. The molecule has 0 amide bonds. The summed E-state index contributed by atoms with van der Waals surface area (Å²) in [5.74, 6) is -0.128. The van der Waals surface area contributed by atoms with Gasteiger partial charge >= 0.3 is 6.18 Å². The van der Waals surface area contributed by atoms with Crippen LogP contribution in [0.2, 0.25) is 0 Å². The van der Waals surface area contributed by atoms with Gasteiger partial charge in [0.05, 0.1) is 5.75 Å². The lowest BCUT2D eigenvalue weighted by molar-refractivity contribution is -0.137. The van der Waals surface area contributed by atoms with E-state index in [1.807, 2.05) is 0 Å². The van der Waals surface area contributed by atoms with Gasteiger partial charge in [-0.2, -0.15) is 17.5 Å². The molecule has 1 aromatic carbocycles. The summed E-state index contributed by atoms with van der Waals surface area (Å²) in [6.07, 6.45) is -3.56. The summed E-state index contributed by atoms with van der Waals surface area (Å²) in [6.45, 7) is -1.42. The molecule has 8 heteroatoms. The standard InChI is InChI=1S/C13H15ClF3NO2S/c14-7-10-1-3-11(4-2-10)8-21(19,20)18(12-5-6-12)9-13(15,16)17/h1-4,12H,5-9H2. The van der Waals surface area contributed by atoms with E-state index >= 15 is 0 Å². The summed E-state index contributed by atoms with van der Waals surface area (Å²) >= 11 is 5.63. The Morgan fingerprint density at radius 3 is 2.10 bits per heavy atom. The number of nitrogens with zero attached hydrogens (tertiary/aromatic N) is 1. The van der Waals surface area contributed by atoms with Gasteiger partial charge in [-0.1, -0.05) is 24.3 Å². The Labute approximate surface area is 126 Å². The maximum absolute atomic E-state index is 12.5. The van der Waals surface area contributed by atoms with E-state index in [1.54, 1.807) is 24.3 Å². The van der Waals surface area contributed by atoms with E-state index in [4.69, 9.17) is 11.6 Å². The summed E-state index contributed by atoms with van der Waals surface area (Å²) in [5, 5.41) is 0. The molecule has 0 radical (unpaired) electrons. The lowest BCUT2D eigenvalue weighted by atomic mass is 10.2. The largest absolute Gasteiger partial charge is 0.402 e. The molecule has 0 bridgehead atoms. The average molecular weight is 342 g/mol. The zero-order valence-electron chi connectivity index (χ0n) is 11.1. The number of hydrogen-bond acceptors (Lipinski definition) is 2. The lowest BCUT2D eigenvalue weighted by Crippen LogP contribution is -2.41. The number of sulfonamides is 1. The molecular formula is C13H15ClF3NO2S. The molecule has 3 nitrogen and oxygen atoms in total. The highest BCUT2D eigenvalue weighted by Crippen LogP contribution is 2.33. The Morgan fingerprint density at radius 2 is 1.67 bits per heavy atom. The molecule has 0 heterocycles. The first-order chi connectivity index (χ1) is 9.71. The Morgan fingerprint density at radius 1 is 1.14 bits per heavy atom. The summed E-state index contributed by atoms with van der Waals surface area (Å²) < 4.78 is 62.6. The van der Waals surface area contributed by atoms with Crippen LogP contribution in [0.4, 0.5) is 13.2 Å². The van der Waals surface area contributed by atoms with E-state index in [0.29, 0.717) is 28.6 Å². The van der Waals surface area contributed by atoms with E-state index in [-0.39, 0.29) is 0 Å². The van der Waals surface area contributed by atoms with Gasteiger partial charge < -0.3 is 0 Å². The molecule has 0 aliphatic heterocycles. The zero-order chi connectivity index (χ0) is 15.7. The van der Waals surface area contributed by atoms with Crippen LogP contribution in [0.5, 0.6) is 0 Å². The lowest BCUT2D eigenvalue weighted by Gasteiger charge is -2.23. The first-order valence-electron chi connectivity index (χ1n) is 6.41. The molecule has 0 atom stereocenters. The number of hydrogen-bond donors (Lipinski definition) is 0. The van der Waals surface area contributed by atoms with E-state index in [0.717, 1.165) is 5.56 Å². The maximum Gasteiger partial charge on any atom is 0.402 e. The number of alkyl halides is 4. The molecule has 1 fully saturated rings. The second kappa shape index (κ2) is 6.14. The molecule has 0 unspecified atom stereocenters. The monoisotopic (exact) mass is 341 g/mol. The highest BCUT2D eigenvalue weighted by atomic mass is 35.5. The molecule has 1 aromatic rings. The normalized spacial score (nSPS) is 16.4. The Balaban J connectivity index is 2.14. The predicted molar refractivity (Wildman–Crippen MR) is 74.4 cm³/mol. The zero-order valence-corrected chi connectivity index (χ0v) is 12.7. The quantitative estimate of drug-likeness (QED) is 0.745. The first-order valence-corrected chi connectivity index (χ1v) is 8.56. The molecule has 118 valence electrons. The van der Waals surface area contributed by atoms with Gasteiger partial charge in [-0.3, -0.25) is 0 Å². The third-order valence-electron chi connectivity index (χ3n) is 3.17. The van der Waals surface area contributed by atoms with Crippen LogP contribution < -0.4 is 0 Å². The molecule has 2 rings (SSSR count). The van der Waals surface area contributed by atoms with Gasteiger partial charge in [0.2, 0.25) is 10.0 Å². The van der Waals surface area contributed by atoms with Gasteiger partial charge in [0.1, 0.15) is 6.54 Å². The summed E-state index contributed by atoms with van der Waals surface area (Å²) in [5.41, 5.74) is 1.28. The minimum atomic E-state index is -4.53. The van der Waals surface area contributed by atoms with Crippen LogP contribution in [0.3, 0.4) is 0 Å². The third kappa shape index (κ3) is 4.86. The number of rotatable bonds is 6. The fraction of sp³-hybridized carbons (Fsp3) is 0.538. The topological polar surface area (TPSA) is 37.4 Å². The van der Waals surface area contributed by atoms with E-state index < -0.39 is 34.5 Å². The van der Waals surface area contributed by atoms with Crippen molar-refractivity contribution in [2.45, 2.75) is 36.7 Å². The van der Waals surface area contributed by atoms with Crippen molar-refractivity contribution in [3.8, 4) is 0 Å². The highest BCUT2D eigenvalue weighted by Gasteiger charge is 2.43. The van der Waals surface area contributed by atoms with Gasteiger partial charge in [0.15, 0.2) is 0 Å². The molecule has 1 saturated carbocycles. The molecule has 0 aromatic heterocycles. The van der Waals surface area contributed by atoms with Crippen molar-refractivity contribution in [2.24, 2.45) is 0 Å². The fourth-order valence-corrected chi connectivity index (χ4v) is 3.98. The van der Waals surface area contributed by atoms with Crippen LogP contribution in [0, 0.1) is 0 Å².